The number of carbonyl (C=O) groups excluding carboxylic acids is 1. The molecule has 3 N–H and O–H groups in total. The number of aryl methyl sites for hydroxylation is 1. The zero-order valence-electron chi connectivity index (χ0n) is 24.9. The van der Waals surface area contributed by atoms with E-state index in [-0.39, 0.29) is 19.1 Å². The Morgan fingerprint density at radius 3 is 2.63 bits per heavy atom. The molecule has 0 spiro atoms. The van der Waals surface area contributed by atoms with Crippen molar-refractivity contribution in [3.05, 3.63) is 48.0 Å². The molecular weight excluding hydrogens is 522 g/mol. The third-order valence-corrected chi connectivity index (χ3v) is 7.18. The van der Waals surface area contributed by atoms with Gasteiger partial charge in [0.15, 0.2) is 11.6 Å². The first-order valence-electron chi connectivity index (χ1n) is 14.2. The number of ether oxygens (including phenoxy) is 1. The van der Waals surface area contributed by atoms with Gasteiger partial charge in [-0.25, -0.2) is 15.0 Å². The number of aliphatic hydroxyl groups is 2. The minimum Gasteiger partial charge on any atom is -0.474 e. The van der Waals surface area contributed by atoms with E-state index >= 15 is 0 Å². The van der Waals surface area contributed by atoms with Crippen LogP contribution in [0.2, 0.25) is 0 Å². The Balaban J connectivity index is 0.000000236. The van der Waals surface area contributed by atoms with Crippen LogP contribution in [0, 0.1) is 6.92 Å². The molecule has 5 heterocycles. The fourth-order valence-electron chi connectivity index (χ4n) is 4.73. The van der Waals surface area contributed by atoms with E-state index in [9.17, 15) is 4.79 Å². The lowest BCUT2D eigenvalue weighted by molar-refractivity contribution is -0.105. The van der Waals surface area contributed by atoms with E-state index in [1.807, 2.05) is 27.0 Å². The van der Waals surface area contributed by atoms with Crippen LogP contribution >= 0.6 is 0 Å². The van der Waals surface area contributed by atoms with Gasteiger partial charge in [-0.05, 0) is 49.4 Å². The van der Waals surface area contributed by atoms with Gasteiger partial charge < -0.3 is 30.1 Å². The van der Waals surface area contributed by atoms with Crippen LogP contribution in [-0.4, -0.2) is 82.1 Å². The quantitative estimate of drug-likeness (QED) is 0.329. The van der Waals surface area contributed by atoms with Crippen molar-refractivity contribution < 1.29 is 19.7 Å². The van der Waals surface area contributed by atoms with Gasteiger partial charge in [-0.3, -0.25) is 9.78 Å². The van der Waals surface area contributed by atoms with Crippen molar-refractivity contribution >= 4 is 23.7 Å². The summed E-state index contributed by atoms with van der Waals surface area (Å²) in [5.74, 6) is 2.15. The topological polar surface area (TPSA) is 137 Å². The predicted molar refractivity (Wildman–Crippen MR) is 162 cm³/mol. The Morgan fingerprint density at radius 1 is 1.22 bits per heavy atom. The fourth-order valence-corrected chi connectivity index (χ4v) is 4.73. The summed E-state index contributed by atoms with van der Waals surface area (Å²) in [5, 5.41) is 19.8. The van der Waals surface area contributed by atoms with Crippen molar-refractivity contribution in [2.24, 2.45) is 0 Å². The van der Waals surface area contributed by atoms with Gasteiger partial charge in [0.25, 0.3) is 0 Å². The molecule has 0 aromatic carbocycles. The van der Waals surface area contributed by atoms with Crippen molar-refractivity contribution in [2.45, 2.75) is 65.5 Å². The second-order valence-corrected chi connectivity index (χ2v) is 9.91. The molecule has 11 nitrogen and oxygen atoms in total. The van der Waals surface area contributed by atoms with E-state index in [1.165, 1.54) is 35.6 Å². The average Bonchev–Trinajstić information content (AvgIpc) is 3.46. The fraction of sp³-hybridized carbons (Fsp3) is 0.500. The van der Waals surface area contributed by atoms with Gasteiger partial charge in [0, 0.05) is 43.6 Å². The second kappa shape index (κ2) is 15.2. The molecule has 11 heteroatoms. The summed E-state index contributed by atoms with van der Waals surface area (Å²) in [6.45, 7) is 12.5. The molecule has 222 valence electrons. The zero-order chi connectivity index (χ0) is 29.9. The third-order valence-electron chi connectivity index (χ3n) is 7.18. The summed E-state index contributed by atoms with van der Waals surface area (Å²) >= 11 is 0. The molecule has 41 heavy (non-hydrogen) atoms. The number of anilines is 3. The van der Waals surface area contributed by atoms with Crippen LogP contribution in [0.4, 0.5) is 17.3 Å². The van der Waals surface area contributed by atoms with Crippen LogP contribution in [-0.2, 0) is 4.79 Å². The molecule has 3 aromatic rings. The number of fused-ring (bicyclic) bond motifs is 4. The number of carbonyl (C=O) groups is 1. The monoisotopic (exact) mass is 565 g/mol. The smallest absolute Gasteiger partial charge is 0.232 e. The zero-order valence-corrected chi connectivity index (χ0v) is 24.9. The first-order chi connectivity index (χ1) is 19.8. The van der Waals surface area contributed by atoms with Crippen LogP contribution in [0.1, 0.15) is 57.7 Å². The molecule has 2 aliphatic rings. The van der Waals surface area contributed by atoms with Crippen molar-refractivity contribution in [2.75, 3.05) is 48.5 Å². The Bertz CT molecular complexity index is 1260. The maximum atomic E-state index is 10.0. The van der Waals surface area contributed by atoms with E-state index in [2.05, 4.69) is 69.2 Å². The van der Waals surface area contributed by atoms with E-state index in [0.29, 0.717) is 24.2 Å². The van der Waals surface area contributed by atoms with Crippen LogP contribution < -0.4 is 19.9 Å². The van der Waals surface area contributed by atoms with E-state index in [1.54, 1.807) is 0 Å². The highest BCUT2D eigenvalue weighted by atomic mass is 16.5. The van der Waals surface area contributed by atoms with Crippen molar-refractivity contribution in [3.8, 4) is 17.1 Å². The predicted octanol–water partition coefficient (Wildman–Crippen LogP) is 3.80. The van der Waals surface area contributed by atoms with Gasteiger partial charge in [0.1, 0.15) is 12.7 Å². The summed E-state index contributed by atoms with van der Waals surface area (Å²) in [4.78, 5) is 32.1. The lowest BCUT2D eigenvalue weighted by Crippen LogP contribution is -2.40. The highest BCUT2D eigenvalue weighted by Gasteiger charge is 2.36. The molecule has 3 aromatic heterocycles. The van der Waals surface area contributed by atoms with Crippen LogP contribution in [0.3, 0.4) is 0 Å². The molecule has 0 radical (unpaired) electrons. The third kappa shape index (κ3) is 7.89. The number of hydrogen-bond donors (Lipinski definition) is 3. The van der Waals surface area contributed by atoms with E-state index < -0.39 is 6.10 Å². The van der Waals surface area contributed by atoms with Crippen molar-refractivity contribution in [3.63, 3.8) is 0 Å². The number of nitrogens with zero attached hydrogens (tertiary/aromatic N) is 6. The van der Waals surface area contributed by atoms with Crippen molar-refractivity contribution in [1.29, 1.82) is 0 Å². The van der Waals surface area contributed by atoms with Crippen LogP contribution in [0.15, 0.2) is 36.8 Å². The molecule has 5 rings (SSSR count). The highest BCUT2D eigenvalue weighted by molar-refractivity contribution is 5.78. The van der Waals surface area contributed by atoms with Crippen molar-refractivity contribution in [1.82, 2.24) is 19.9 Å². The number of pyridine rings is 2. The first-order valence-corrected chi connectivity index (χ1v) is 14.2. The Morgan fingerprint density at radius 2 is 2.00 bits per heavy atom. The van der Waals surface area contributed by atoms with Crippen LogP contribution in [0.25, 0.3) is 11.3 Å². The number of nitrogens with one attached hydrogen (secondary N) is 1. The summed E-state index contributed by atoms with van der Waals surface area (Å²) < 4.78 is 4.99. The van der Waals surface area contributed by atoms with Gasteiger partial charge >= 0.3 is 0 Å². The maximum absolute atomic E-state index is 10.0. The second-order valence-electron chi connectivity index (χ2n) is 9.91. The first kappa shape index (κ1) is 31.7. The maximum Gasteiger partial charge on any atom is 0.232 e. The van der Waals surface area contributed by atoms with Gasteiger partial charge in [-0.15, -0.1) is 0 Å². The number of aromatic nitrogens is 4. The number of amides is 1. The number of hydrogen-bond acceptors (Lipinski definition) is 10. The van der Waals surface area contributed by atoms with Gasteiger partial charge in [0.2, 0.25) is 12.3 Å². The molecule has 2 bridgehead atoms. The van der Waals surface area contributed by atoms with E-state index in [4.69, 9.17) is 19.9 Å². The summed E-state index contributed by atoms with van der Waals surface area (Å²) in [5.41, 5.74) is 6.03. The Kier molecular flexibility index (Phi) is 11.8. The molecule has 1 saturated heterocycles. The van der Waals surface area contributed by atoms with E-state index in [0.717, 1.165) is 36.7 Å². The van der Waals surface area contributed by atoms with Gasteiger partial charge in [0.05, 0.1) is 30.4 Å². The molecule has 3 unspecified atom stereocenters. The largest absolute Gasteiger partial charge is 0.474 e. The van der Waals surface area contributed by atoms with Gasteiger partial charge in [-0.2, -0.15) is 0 Å². The Hall–Kier alpha value is -3.83. The molecule has 2 aliphatic heterocycles. The minimum atomic E-state index is -0.945. The highest BCUT2D eigenvalue weighted by Crippen LogP contribution is 2.42. The minimum absolute atomic E-state index is 0.0639. The number of likely N-dealkylation sites (N-methyl/N-ethyl adjacent to an activating group) is 1. The molecule has 1 amide bonds. The number of aliphatic hydroxyl groups excluding tert-OH is 2. The molecule has 3 atom stereocenters. The molecular formula is C30H43N7O4. The van der Waals surface area contributed by atoms with Crippen LogP contribution in [0.5, 0.6) is 5.88 Å². The lowest BCUT2D eigenvalue weighted by atomic mass is 9.93. The summed E-state index contributed by atoms with van der Waals surface area (Å²) in [6.07, 6.45) is 6.40. The Labute approximate surface area is 242 Å². The van der Waals surface area contributed by atoms with Gasteiger partial charge in [-0.1, -0.05) is 27.7 Å². The lowest BCUT2D eigenvalue weighted by Gasteiger charge is -2.36. The normalized spacial score (nSPS) is 16.3. The SMILES string of the molecule is CC.CCC(C)c1cc2c(nc1-c1ccnc(C)c1)N(C)C1CCN2C1.O=CNc1cnc(OCC(O)CO)cn1. The average molecular weight is 566 g/mol. The summed E-state index contributed by atoms with van der Waals surface area (Å²) in [6, 6.07) is 7.25. The molecule has 0 saturated carbocycles. The number of rotatable bonds is 9. The standard InChI is InChI=1S/C20H26N4.C8H11N3O4.C2H6/c1-5-13(2)17-11-18-20(23(4)16-7-9-24(18)12-16)22-19(17)15-6-8-21-14(3)10-15;12-3-6(14)4-15-8-2-9-7(1-10-8)11-5-13;1-2/h6,8,10-11,13,16H,5,7,9,12H2,1-4H3;1-2,5-6,12,14H,3-4H2,(H,9,11,13);1-2H3. The molecule has 1 fully saturated rings. The summed E-state index contributed by atoms with van der Waals surface area (Å²) in [7, 11) is 2.20. The molecule has 0 aliphatic carbocycles.